The molecule has 3 N–H and O–H groups in total. The molecule has 5 heteroatoms. The Hall–Kier alpha value is -1.23. The molecule has 0 aromatic carbocycles. The van der Waals surface area contributed by atoms with Crippen molar-refractivity contribution >= 4 is 18.2 Å². The van der Waals surface area contributed by atoms with Crippen molar-refractivity contribution in [3.05, 3.63) is 0 Å². The Morgan fingerprint density at radius 3 is 2.68 bits per heavy atom. The van der Waals surface area contributed by atoms with E-state index in [4.69, 9.17) is 5.41 Å². The van der Waals surface area contributed by atoms with Crippen molar-refractivity contribution in [2.45, 2.75) is 77.2 Å². The summed E-state index contributed by atoms with van der Waals surface area (Å²) in [5.41, 5.74) is 2.52. The molecule has 5 nitrogen and oxygen atoms in total. The number of nitrogens with zero attached hydrogens (tertiary/aromatic N) is 1. The largest absolute Gasteiger partial charge is 0.390 e. The topological polar surface area (TPSA) is 85.5 Å². The highest BCUT2D eigenvalue weighted by Gasteiger charge is 2.58. The van der Waals surface area contributed by atoms with Crippen molar-refractivity contribution in [1.29, 1.82) is 5.41 Å². The minimum atomic E-state index is -0.449. The van der Waals surface area contributed by atoms with E-state index in [0.29, 0.717) is 17.6 Å². The van der Waals surface area contributed by atoms with Crippen molar-refractivity contribution in [2.24, 2.45) is 46.0 Å². The Morgan fingerprint density at radius 2 is 1.89 bits per heavy atom. The third-order valence-corrected chi connectivity index (χ3v) is 9.12. The SMILES string of the molecule is CC1(O)CCC2C(CCC3C2CCC2(C)C(C(=O)CNN=CC=N)CCC32)C1. The number of hydrogen-bond acceptors (Lipinski definition) is 5. The molecule has 0 aromatic rings. The first-order valence-electron chi connectivity index (χ1n) is 11.4. The zero-order chi connectivity index (χ0) is 19.9. The fourth-order valence-electron chi connectivity index (χ4n) is 7.95. The van der Waals surface area contributed by atoms with Crippen molar-refractivity contribution in [3.8, 4) is 0 Å². The van der Waals surface area contributed by atoms with Crippen molar-refractivity contribution in [3.63, 3.8) is 0 Å². The number of carbonyl (C=O) groups excluding carboxylic acids is 1. The predicted molar refractivity (Wildman–Crippen MR) is 112 cm³/mol. The molecule has 4 aliphatic rings. The molecule has 156 valence electrons. The Labute approximate surface area is 169 Å². The van der Waals surface area contributed by atoms with Gasteiger partial charge in [-0.15, -0.1) is 0 Å². The van der Waals surface area contributed by atoms with Crippen LogP contribution in [0, 0.1) is 46.3 Å². The molecular formula is C23H37N3O2. The van der Waals surface area contributed by atoms with Gasteiger partial charge in [0.2, 0.25) is 0 Å². The van der Waals surface area contributed by atoms with E-state index in [2.05, 4.69) is 17.5 Å². The molecule has 8 unspecified atom stereocenters. The summed E-state index contributed by atoms with van der Waals surface area (Å²) in [7, 11) is 0. The van der Waals surface area contributed by atoms with Crippen LogP contribution in [0.15, 0.2) is 5.10 Å². The molecular weight excluding hydrogens is 350 g/mol. The van der Waals surface area contributed by atoms with Crippen LogP contribution in [0.3, 0.4) is 0 Å². The fraction of sp³-hybridized carbons (Fsp3) is 0.870. The summed E-state index contributed by atoms with van der Waals surface area (Å²) < 4.78 is 0. The summed E-state index contributed by atoms with van der Waals surface area (Å²) in [4.78, 5) is 12.9. The fourth-order valence-corrected chi connectivity index (χ4v) is 7.95. The standard InChI is InChI=1S/C23H37N3O2/c1-22(28)9-7-16-15(13-22)3-4-18-17(16)8-10-23(2)19(18)5-6-20(23)21(27)14-26-25-12-11-24/h11-12,15-20,24,26,28H,3-10,13-14H2,1-2H3. The van der Waals surface area contributed by atoms with Gasteiger partial charge in [-0.1, -0.05) is 6.92 Å². The van der Waals surface area contributed by atoms with E-state index >= 15 is 0 Å². The molecule has 0 heterocycles. The molecule has 0 aromatic heterocycles. The van der Waals surface area contributed by atoms with Crippen molar-refractivity contribution < 1.29 is 9.90 Å². The molecule has 8 atom stereocenters. The average Bonchev–Trinajstić information content (AvgIpc) is 3.01. The van der Waals surface area contributed by atoms with Crippen molar-refractivity contribution in [1.82, 2.24) is 5.43 Å². The number of ketones is 1. The lowest BCUT2D eigenvalue weighted by Gasteiger charge is -2.56. The highest BCUT2D eigenvalue weighted by atomic mass is 16.3. The molecule has 0 radical (unpaired) electrons. The third kappa shape index (κ3) is 3.44. The lowest BCUT2D eigenvalue weighted by atomic mass is 9.49. The first-order chi connectivity index (χ1) is 13.4. The zero-order valence-corrected chi connectivity index (χ0v) is 17.5. The van der Waals surface area contributed by atoms with Crippen LogP contribution in [-0.2, 0) is 4.79 Å². The van der Waals surface area contributed by atoms with Crippen LogP contribution >= 0.6 is 0 Å². The molecule has 0 aliphatic heterocycles. The van der Waals surface area contributed by atoms with Crippen LogP contribution in [0.2, 0.25) is 0 Å². The minimum absolute atomic E-state index is 0.151. The molecule has 4 saturated carbocycles. The van der Waals surface area contributed by atoms with Crippen LogP contribution in [0.4, 0.5) is 0 Å². The van der Waals surface area contributed by atoms with E-state index in [0.717, 1.165) is 43.2 Å². The molecule has 0 amide bonds. The Balaban J connectivity index is 1.44. The number of carbonyl (C=O) groups is 1. The van der Waals surface area contributed by atoms with E-state index in [-0.39, 0.29) is 17.9 Å². The number of hydrogen-bond donors (Lipinski definition) is 3. The second-order valence-electron chi connectivity index (χ2n) is 10.6. The number of fused-ring (bicyclic) bond motifs is 5. The molecule has 4 rings (SSSR count). The summed E-state index contributed by atoms with van der Waals surface area (Å²) in [5.74, 6) is 4.26. The molecule has 4 fully saturated rings. The first kappa shape index (κ1) is 20.1. The van der Waals surface area contributed by atoms with Gasteiger partial charge < -0.3 is 15.9 Å². The maximum atomic E-state index is 12.9. The van der Waals surface area contributed by atoms with Gasteiger partial charge in [-0.2, -0.15) is 5.10 Å². The Kier molecular flexibility index (Phi) is 5.41. The highest BCUT2D eigenvalue weighted by Crippen LogP contribution is 2.64. The second kappa shape index (κ2) is 7.55. The summed E-state index contributed by atoms with van der Waals surface area (Å²) in [5, 5.41) is 21.4. The second-order valence-corrected chi connectivity index (χ2v) is 10.6. The first-order valence-corrected chi connectivity index (χ1v) is 11.4. The minimum Gasteiger partial charge on any atom is -0.390 e. The van der Waals surface area contributed by atoms with Crippen LogP contribution in [-0.4, -0.2) is 35.5 Å². The van der Waals surface area contributed by atoms with Crippen LogP contribution < -0.4 is 5.43 Å². The van der Waals surface area contributed by atoms with Crippen LogP contribution in [0.1, 0.15) is 71.6 Å². The predicted octanol–water partition coefficient (Wildman–Crippen LogP) is 3.80. The van der Waals surface area contributed by atoms with E-state index in [1.54, 1.807) is 0 Å². The number of aliphatic hydroxyl groups is 1. The van der Waals surface area contributed by atoms with Crippen LogP contribution in [0.25, 0.3) is 0 Å². The van der Waals surface area contributed by atoms with Gasteiger partial charge in [-0.3, -0.25) is 4.79 Å². The average molecular weight is 388 g/mol. The van der Waals surface area contributed by atoms with Gasteiger partial charge >= 0.3 is 0 Å². The van der Waals surface area contributed by atoms with Gasteiger partial charge in [0.15, 0.2) is 5.78 Å². The number of hydrazone groups is 1. The Bertz CT molecular complexity index is 646. The van der Waals surface area contributed by atoms with Gasteiger partial charge in [-0.05, 0) is 99.7 Å². The van der Waals surface area contributed by atoms with Gasteiger partial charge in [0.1, 0.15) is 0 Å². The van der Waals surface area contributed by atoms with E-state index in [1.807, 2.05) is 6.92 Å². The van der Waals surface area contributed by atoms with E-state index < -0.39 is 5.60 Å². The molecule has 0 spiro atoms. The lowest BCUT2D eigenvalue weighted by Crippen LogP contribution is -2.51. The summed E-state index contributed by atoms with van der Waals surface area (Å²) >= 11 is 0. The van der Waals surface area contributed by atoms with Crippen LogP contribution in [0.5, 0.6) is 0 Å². The summed E-state index contributed by atoms with van der Waals surface area (Å²) in [6.45, 7) is 4.70. The lowest BCUT2D eigenvalue weighted by molar-refractivity contribution is -0.131. The zero-order valence-electron chi connectivity index (χ0n) is 17.5. The van der Waals surface area contributed by atoms with E-state index in [9.17, 15) is 9.90 Å². The molecule has 28 heavy (non-hydrogen) atoms. The highest BCUT2D eigenvalue weighted by molar-refractivity contribution is 6.14. The molecule has 0 saturated heterocycles. The third-order valence-electron chi connectivity index (χ3n) is 9.12. The number of Topliss-reactive ketones (excluding diaryl/α,β-unsaturated/α-hetero) is 1. The number of nitrogens with one attached hydrogen (secondary N) is 2. The Morgan fingerprint density at radius 1 is 1.11 bits per heavy atom. The van der Waals surface area contributed by atoms with Gasteiger partial charge in [-0.25, -0.2) is 0 Å². The quantitative estimate of drug-likeness (QED) is 0.495. The monoisotopic (exact) mass is 387 g/mol. The van der Waals surface area contributed by atoms with Gasteiger partial charge in [0.25, 0.3) is 0 Å². The smallest absolute Gasteiger partial charge is 0.157 e. The van der Waals surface area contributed by atoms with Gasteiger partial charge in [0, 0.05) is 12.1 Å². The van der Waals surface area contributed by atoms with Crippen molar-refractivity contribution in [2.75, 3.05) is 6.54 Å². The van der Waals surface area contributed by atoms with E-state index in [1.165, 1.54) is 44.7 Å². The summed E-state index contributed by atoms with van der Waals surface area (Å²) in [6, 6.07) is 0. The normalized spacial score (nSPS) is 47.8. The summed E-state index contributed by atoms with van der Waals surface area (Å²) in [6.07, 6.45) is 12.9. The number of rotatable bonds is 5. The molecule has 0 bridgehead atoms. The maximum absolute atomic E-state index is 12.9. The maximum Gasteiger partial charge on any atom is 0.157 e. The van der Waals surface area contributed by atoms with Gasteiger partial charge in [0.05, 0.1) is 18.4 Å². The molecule has 4 aliphatic carbocycles.